The van der Waals surface area contributed by atoms with Gasteiger partial charge in [0.1, 0.15) is 10.8 Å². The second kappa shape index (κ2) is 10.1. The van der Waals surface area contributed by atoms with Gasteiger partial charge in [-0.1, -0.05) is 35.6 Å². The molecule has 1 heterocycles. The maximum absolute atomic E-state index is 12.9. The molecule has 3 rings (SSSR count). The fourth-order valence-electron chi connectivity index (χ4n) is 2.41. The SMILES string of the molecule is Cc1ccccc1CNC(=O)CSCc1nnc(C(=O)Nc2ccc(F)cc2)s1. The summed E-state index contributed by atoms with van der Waals surface area (Å²) in [5, 5.41) is 14.3. The first-order valence-electron chi connectivity index (χ1n) is 8.79. The second-order valence-electron chi connectivity index (χ2n) is 6.16. The molecular formula is C20H19FN4O2S2. The van der Waals surface area contributed by atoms with Gasteiger partial charge < -0.3 is 10.6 Å². The molecule has 1 aromatic heterocycles. The average Bonchev–Trinajstić information content (AvgIpc) is 3.18. The van der Waals surface area contributed by atoms with Crippen LogP contribution in [0.3, 0.4) is 0 Å². The Morgan fingerprint density at radius 3 is 2.62 bits per heavy atom. The first kappa shape index (κ1) is 20.9. The summed E-state index contributed by atoms with van der Waals surface area (Å²) in [7, 11) is 0. The van der Waals surface area contributed by atoms with Gasteiger partial charge in [0.05, 0.1) is 5.75 Å². The van der Waals surface area contributed by atoms with Crippen molar-refractivity contribution in [1.29, 1.82) is 0 Å². The van der Waals surface area contributed by atoms with E-state index in [2.05, 4.69) is 20.8 Å². The van der Waals surface area contributed by atoms with E-state index >= 15 is 0 Å². The van der Waals surface area contributed by atoms with Gasteiger partial charge in [-0.25, -0.2) is 4.39 Å². The highest BCUT2D eigenvalue weighted by atomic mass is 32.2. The first-order valence-corrected chi connectivity index (χ1v) is 10.8. The van der Waals surface area contributed by atoms with Crippen molar-refractivity contribution in [3.8, 4) is 0 Å². The van der Waals surface area contributed by atoms with Gasteiger partial charge in [0.2, 0.25) is 10.9 Å². The summed E-state index contributed by atoms with van der Waals surface area (Å²) in [4.78, 5) is 24.2. The molecule has 0 unspecified atom stereocenters. The van der Waals surface area contributed by atoms with Crippen molar-refractivity contribution >= 4 is 40.6 Å². The minimum absolute atomic E-state index is 0.0583. The number of amides is 2. The van der Waals surface area contributed by atoms with Crippen molar-refractivity contribution in [3.05, 3.63) is 75.5 Å². The number of nitrogens with one attached hydrogen (secondary N) is 2. The Labute approximate surface area is 175 Å². The average molecular weight is 431 g/mol. The van der Waals surface area contributed by atoms with Gasteiger partial charge in [-0.05, 0) is 42.3 Å². The Morgan fingerprint density at radius 1 is 1.10 bits per heavy atom. The molecule has 0 atom stereocenters. The lowest BCUT2D eigenvalue weighted by atomic mass is 10.1. The van der Waals surface area contributed by atoms with Gasteiger partial charge in [-0.3, -0.25) is 9.59 Å². The van der Waals surface area contributed by atoms with Crippen LogP contribution in [0.15, 0.2) is 48.5 Å². The fraction of sp³-hybridized carbons (Fsp3) is 0.200. The molecule has 0 fully saturated rings. The predicted molar refractivity (Wildman–Crippen MR) is 113 cm³/mol. The number of hydrogen-bond acceptors (Lipinski definition) is 6. The van der Waals surface area contributed by atoms with Gasteiger partial charge in [0.25, 0.3) is 5.91 Å². The molecule has 150 valence electrons. The van der Waals surface area contributed by atoms with E-state index in [9.17, 15) is 14.0 Å². The summed E-state index contributed by atoms with van der Waals surface area (Å²) >= 11 is 2.57. The van der Waals surface area contributed by atoms with Gasteiger partial charge in [-0.15, -0.1) is 22.0 Å². The van der Waals surface area contributed by atoms with Crippen LogP contribution < -0.4 is 10.6 Å². The summed E-state index contributed by atoms with van der Waals surface area (Å²) in [5.74, 6) is -0.0541. The predicted octanol–water partition coefficient (Wildman–Crippen LogP) is 3.79. The zero-order chi connectivity index (χ0) is 20.6. The summed E-state index contributed by atoms with van der Waals surface area (Å²) in [6.07, 6.45) is 0. The molecule has 0 aliphatic rings. The summed E-state index contributed by atoms with van der Waals surface area (Å²) in [5.41, 5.74) is 2.71. The van der Waals surface area contributed by atoms with Crippen LogP contribution in [0.4, 0.5) is 10.1 Å². The molecule has 3 aromatic rings. The lowest BCUT2D eigenvalue weighted by Gasteiger charge is -2.07. The van der Waals surface area contributed by atoms with Crippen molar-refractivity contribution in [2.24, 2.45) is 0 Å². The van der Waals surface area contributed by atoms with Crippen molar-refractivity contribution in [1.82, 2.24) is 15.5 Å². The number of carbonyl (C=O) groups excluding carboxylic acids is 2. The van der Waals surface area contributed by atoms with Crippen LogP contribution in [0, 0.1) is 12.7 Å². The molecule has 2 N–H and O–H groups in total. The lowest BCUT2D eigenvalue weighted by Crippen LogP contribution is -2.24. The number of thioether (sulfide) groups is 1. The number of halogens is 1. The molecule has 0 saturated carbocycles. The Bertz CT molecular complexity index is 992. The van der Waals surface area contributed by atoms with Gasteiger partial charge in [0.15, 0.2) is 0 Å². The maximum atomic E-state index is 12.9. The molecule has 9 heteroatoms. The minimum Gasteiger partial charge on any atom is -0.351 e. The van der Waals surface area contributed by atoms with Crippen LogP contribution >= 0.6 is 23.1 Å². The standard InChI is InChI=1S/C20H19FN4O2S2/c1-13-4-2-3-5-14(13)10-22-17(26)11-28-12-18-24-25-20(29-18)19(27)23-16-8-6-15(21)7-9-16/h2-9H,10-12H2,1H3,(H,22,26)(H,23,27). The molecule has 29 heavy (non-hydrogen) atoms. The van der Waals surface area contributed by atoms with Crippen molar-refractivity contribution in [2.45, 2.75) is 19.2 Å². The quantitative estimate of drug-likeness (QED) is 0.568. The minimum atomic E-state index is -0.402. The van der Waals surface area contributed by atoms with E-state index < -0.39 is 5.91 Å². The molecule has 6 nitrogen and oxygen atoms in total. The molecule has 0 aliphatic carbocycles. The normalized spacial score (nSPS) is 10.6. The summed E-state index contributed by atoms with van der Waals surface area (Å²) in [6.45, 7) is 2.51. The van der Waals surface area contributed by atoms with E-state index in [0.717, 1.165) is 11.1 Å². The third-order valence-electron chi connectivity index (χ3n) is 3.96. The van der Waals surface area contributed by atoms with Crippen LogP contribution in [0.2, 0.25) is 0 Å². The Morgan fingerprint density at radius 2 is 1.86 bits per heavy atom. The Hall–Kier alpha value is -2.78. The summed E-state index contributed by atoms with van der Waals surface area (Å²) < 4.78 is 12.9. The Kier molecular flexibility index (Phi) is 7.31. The van der Waals surface area contributed by atoms with Crippen molar-refractivity contribution in [3.63, 3.8) is 0 Å². The molecule has 2 aromatic carbocycles. The number of nitrogens with zero attached hydrogens (tertiary/aromatic N) is 2. The highest BCUT2D eigenvalue weighted by Crippen LogP contribution is 2.18. The van der Waals surface area contributed by atoms with Crippen molar-refractivity contribution < 1.29 is 14.0 Å². The lowest BCUT2D eigenvalue weighted by molar-refractivity contribution is -0.118. The topological polar surface area (TPSA) is 84.0 Å². The van der Waals surface area contributed by atoms with Gasteiger partial charge in [-0.2, -0.15) is 0 Å². The third-order valence-corrected chi connectivity index (χ3v) is 6.01. The fourth-order valence-corrected chi connectivity index (χ4v) is 4.04. The number of rotatable bonds is 8. The largest absolute Gasteiger partial charge is 0.351 e. The molecule has 0 radical (unpaired) electrons. The first-order chi connectivity index (χ1) is 14.0. The zero-order valence-electron chi connectivity index (χ0n) is 15.6. The van der Waals surface area contributed by atoms with Crippen molar-refractivity contribution in [2.75, 3.05) is 11.1 Å². The highest BCUT2D eigenvalue weighted by molar-refractivity contribution is 7.99. The number of anilines is 1. The van der Waals surface area contributed by atoms with E-state index in [1.54, 1.807) is 0 Å². The third kappa shape index (κ3) is 6.37. The monoisotopic (exact) mass is 430 g/mol. The van der Waals surface area contributed by atoms with Crippen LogP contribution in [0.25, 0.3) is 0 Å². The number of aromatic nitrogens is 2. The molecular weight excluding hydrogens is 411 g/mol. The van der Waals surface area contributed by atoms with Crippen LogP contribution in [0.1, 0.15) is 25.9 Å². The number of benzene rings is 2. The number of aryl methyl sites for hydroxylation is 1. The van der Waals surface area contributed by atoms with Crippen LogP contribution in [-0.2, 0) is 17.1 Å². The molecule has 0 bridgehead atoms. The van der Waals surface area contributed by atoms with E-state index in [0.29, 0.717) is 28.7 Å². The second-order valence-corrected chi connectivity index (χ2v) is 8.21. The molecule has 0 saturated heterocycles. The molecule has 2 amide bonds. The smallest absolute Gasteiger partial charge is 0.286 e. The van der Waals surface area contributed by atoms with E-state index in [4.69, 9.17) is 0 Å². The van der Waals surface area contributed by atoms with Gasteiger partial charge >= 0.3 is 0 Å². The molecule has 0 aliphatic heterocycles. The Balaban J connectivity index is 1.41. The van der Waals surface area contributed by atoms with E-state index in [1.165, 1.54) is 47.4 Å². The maximum Gasteiger partial charge on any atom is 0.286 e. The van der Waals surface area contributed by atoms with Gasteiger partial charge in [0, 0.05) is 18.0 Å². The summed E-state index contributed by atoms with van der Waals surface area (Å²) in [6, 6.07) is 13.4. The highest BCUT2D eigenvalue weighted by Gasteiger charge is 2.13. The van der Waals surface area contributed by atoms with Crippen LogP contribution in [0.5, 0.6) is 0 Å². The zero-order valence-corrected chi connectivity index (χ0v) is 17.3. The number of hydrogen-bond donors (Lipinski definition) is 2. The molecule has 0 spiro atoms. The number of carbonyl (C=O) groups is 2. The van der Waals surface area contributed by atoms with E-state index in [-0.39, 0.29) is 16.7 Å². The van der Waals surface area contributed by atoms with E-state index in [1.807, 2.05) is 31.2 Å². The van der Waals surface area contributed by atoms with Crippen LogP contribution in [-0.4, -0.2) is 27.8 Å².